The minimum Gasteiger partial charge on any atom is -0.489 e. The molecule has 1 atom stereocenters. The standard InChI is InChI=1S/C26H23N5O3S/c1-18-6-5-9-23(14-18)31-19(2)28-29-26(31)35-25(16-30(32)33)20-10-12-24(13-11-20)34-17-22-8-4-3-7-21(22)15-27/h3-14,25H,16-17H2,1-2H3/t25-/m1/s1. The van der Waals surface area contributed by atoms with E-state index in [0.29, 0.717) is 22.3 Å². The summed E-state index contributed by atoms with van der Waals surface area (Å²) in [6, 6.07) is 24.6. The van der Waals surface area contributed by atoms with Crippen molar-refractivity contribution in [2.24, 2.45) is 0 Å². The number of nitro groups is 1. The molecule has 1 heterocycles. The molecule has 0 N–H and O–H groups in total. The Balaban J connectivity index is 1.54. The van der Waals surface area contributed by atoms with Crippen LogP contribution in [0.25, 0.3) is 5.69 Å². The first-order valence-electron chi connectivity index (χ1n) is 10.9. The molecule has 0 spiro atoms. The van der Waals surface area contributed by atoms with E-state index in [1.807, 2.05) is 73.0 Å². The predicted octanol–water partition coefficient (Wildman–Crippen LogP) is 5.44. The van der Waals surface area contributed by atoms with E-state index in [1.165, 1.54) is 11.8 Å². The molecule has 0 amide bonds. The van der Waals surface area contributed by atoms with Gasteiger partial charge < -0.3 is 4.74 Å². The zero-order valence-corrected chi connectivity index (χ0v) is 20.1. The van der Waals surface area contributed by atoms with E-state index >= 15 is 0 Å². The maximum absolute atomic E-state index is 11.5. The molecule has 0 aliphatic rings. The van der Waals surface area contributed by atoms with Crippen molar-refractivity contribution in [1.29, 1.82) is 5.26 Å². The Morgan fingerprint density at radius 1 is 1.09 bits per heavy atom. The Morgan fingerprint density at radius 2 is 1.86 bits per heavy atom. The number of benzene rings is 3. The van der Waals surface area contributed by atoms with Gasteiger partial charge in [-0.05, 0) is 55.3 Å². The molecule has 0 fully saturated rings. The van der Waals surface area contributed by atoms with Crippen LogP contribution in [0.4, 0.5) is 0 Å². The molecule has 8 nitrogen and oxygen atoms in total. The highest BCUT2D eigenvalue weighted by molar-refractivity contribution is 7.99. The number of thioether (sulfide) groups is 1. The van der Waals surface area contributed by atoms with Crippen molar-refractivity contribution < 1.29 is 9.66 Å². The molecule has 35 heavy (non-hydrogen) atoms. The second kappa shape index (κ2) is 10.8. The lowest BCUT2D eigenvalue weighted by Crippen LogP contribution is -2.11. The van der Waals surface area contributed by atoms with Gasteiger partial charge in [0.15, 0.2) is 5.16 Å². The first-order valence-corrected chi connectivity index (χ1v) is 11.8. The maximum atomic E-state index is 11.5. The Kier molecular flexibility index (Phi) is 7.43. The number of nitrogens with zero attached hydrogens (tertiary/aromatic N) is 5. The third-order valence-electron chi connectivity index (χ3n) is 5.40. The predicted molar refractivity (Wildman–Crippen MR) is 133 cm³/mol. The van der Waals surface area contributed by atoms with Gasteiger partial charge >= 0.3 is 0 Å². The summed E-state index contributed by atoms with van der Waals surface area (Å²) < 4.78 is 7.75. The SMILES string of the molecule is Cc1cccc(-n2c(C)nnc2S[C@H](C[N+](=O)[O-])c2ccc(OCc3ccccc3C#N)cc2)c1. The summed E-state index contributed by atoms with van der Waals surface area (Å²) in [5.74, 6) is 1.32. The van der Waals surface area contributed by atoms with Crippen molar-refractivity contribution in [2.45, 2.75) is 30.9 Å². The summed E-state index contributed by atoms with van der Waals surface area (Å²) in [7, 11) is 0. The lowest BCUT2D eigenvalue weighted by Gasteiger charge is -2.15. The summed E-state index contributed by atoms with van der Waals surface area (Å²) in [5.41, 5.74) is 4.16. The fourth-order valence-corrected chi connectivity index (χ4v) is 4.83. The van der Waals surface area contributed by atoms with Crippen LogP contribution in [-0.4, -0.2) is 26.2 Å². The molecular weight excluding hydrogens is 462 g/mol. The zero-order valence-electron chi connectivity index (χ0n) is 19.3. The van der Waals surface area contributed by atoms with E-state index in [4.69, 9.17) is 4.74 Å². The van der Waals surface area contributed by atoms with E-state index in [9.17, 15) is 15.4 Å². The van der Waals surface area contributed by atoms with Crippen molar-refractivity contribution in [1.82, 2.24) is 14.8 Å². The van der Waals surface area contributed by atoms with Crippen LogP contribution in [0.2, 0.25) is 0 Å². The highest BCUT2D eigenvalue weighted by atomic mass is 32.2. The Morgan fingerprint density at radius 3 is 2.57 bits per heavy atom. The molecule has 176 valence electrons. The van der Waals surface area contributed by atoms with E-state index in [2.05, 4.69) is 16.3 Å². The van der Waals surface area contributed by atoms with Crippen LogP contribution in [-0.2, 0) is 6.61 Å². The Labute approximate surface area is 207 Å². The molecule has 0 saturated carbocycles. The molecule has 0 aliphatic carbocycles. The van der Waals surface area contributed by atoms with Crippen LogP contribution < -0.4 is 4.74 Å². The van der Waals surface area contributed by atoms with E-state index in [1.54, 1.807) is 18.2 Å². The first-order chi connectivity index (χ1) is 16.9. The van der Waals surface area contributed by atoms with E-state index < -0.39 is 5.25 Å². The number of rotatable bonds is 9. The first kappa shape index (κ1) is 24.0. The second-order valence-electron chi connectivity index (χ2n) is 7.95. The Hall–Kier alpha value is -4.16. The van der Waals surface area contributed by atoms with Gasteiger partial charge in [0.1, 0.15) is 23.4 Å². The van der Waals surface area contributed by atoms with E-state index in [0.717, 1.165) is 22.4 Å². The third-order valence-corrected chi connectivity index (χ3v) is 6.58. The summed E-state index contributed by atoms with van der Waals surface area (Å²) in [5, 5.41) is 29.3. The van der Waals surface area contributed by atoms with Gasteiger partial charge in [0.05, 0.1) is 11.6 Å². The molecule has 0 bridgehead atoms. The highest BCUT2D eigenvalue weighted by Crippen LogP contribution is 2.36. The summed E-state index contributed by atoms with van der Waals surface area (Å²) in [4.78, 5) is 11.1. The maximum Gasteiger partial charge on any atom is 0.220 e. The van der Waals surface area contributed by atoms with Gasteiger partial charge in [0.25, 0.3) is 0 Å². The quantitative estimate of drug-likeness (QED) is 0.176. The van der Waals surface area contributed by atoms with Crippen molar-refractivity contribution in [3.63, 3.8) is 0 Å². The smallest absolute Gasteiger partial charge is 0.220 e. The van der Waals surface area contributed by atoms with Gasteiger partial charge in [-0.3, -0.25) is 14.7 Å². The summed E-state index contributed by atoms with van der Waals surface area (Å²) >= 11 is 1.31. The molecule has 9 heteroatoms. The van der Waals surface area contributed by atoms with Gasteiger partial charge in [-0.1, -0.05) is 54.2 Å². The zero-order chi connectivity index (χ0) is 24.8. The molecule has 0 radical (unpaired) electrons. The molecular formula is C26H23N5O3S. The van der Waals surface area contributed by atoms with Crippen molar-refractivity contribution in [3.8, 4) is 17.5 Å². The normalized spacial score (nSPS) is 11.6. The van der Waals surface area contributed by atoms with Crippen LogP contribution in [0.1, 0.15) is 33.3 Å². The number of hydrogen-bond acceptors (Lipinski definition) is 7. The molecule has 0 saturated heterocycles. The molecule has 4 rings (SSSR count). The topological polar surface area (TPSA) is 107 Å². The highest BCUT2D eigenvalue weighted by Gasteiger charge is 2.24. The summed E-state index contributed by atoms with van der Waals surface area (Å²) in [6.45, 7) is 3.86. The number of aromatic nitrogens is 3. The van der Waals surface area contributed by atoms with Crippen LogP contribution in [0.15, 0.2) is 78.0 Å². The molecule has 1 aromatic heterocycles. The fraction of sp³-hybridized carbons (Fsp3) is 0.192. The molecule has 0 aliphatic heterocycles. The van der Waals surface area contributed by atoms with Crippen LogP contribution in [0.3, 0.4) is 0 Å². The molecule has 4 aromatic rings. The van der Waals surface area contributed by atoms with Crippen molar-refractivity contribution >= 4 is 11.8 Å². The number of nitriles is 1. The average molecular weight is 486 g/mol. The van der Waals surface area contributed by atoms with Gasteiger partial charge in [0, 0.05) is 16.2 Å². The number of hydrogen-bond donors (Lipinski definition) is 0. The monoisotopic (exact) mass is 485 g/mol. The van der Waals surface area contributed by atoms with Crippen LogP contribution >= 0.6 is 11.8 Å². The fourth-order valence-electron chi connectivity index (χ4n) is 3.65. The van der Waals surface area contributed by atoms with Crippen molar-refractivity contribution in [3.05, 3.63) is 111 Å². The molecule has 3 aromatic carbocycles. The van der Waals surface area contributed by atoms with Gasteiger partial charge in [0.2, 0.25) is 6.54 Å². The van der Waals surface area contributed by atoms with Gasteiger partial charge in [-0.2, -0.15) is 5.26 Å². The van der Waals surface area contributed by atoms with Gasteiger partial charge in [-0.15, -0.1) is 10.2 Å². The van der Waals surface area contributed by atoms with E-state index in [-0.39, 0.29) is 18.1 Å². The minimum absolute atomic E-state index is 0.259. The van der Waals surface area contributed by atoms with Gasteiger partial charge in [-0.25, -0.2) is 0 Å². The number of aryl methyl sites for hydroxylation is 2. The van der Waals surface area contributed by atoms with Crippen LogP contribution in [0, 0.1) is 35.3 Å². The van der Waals surface area contributed by atoms with Crippen molar-refractivity contribution in [2.75, 3.05) is 6.54 Å². The lowest BCUT2D eigenvalue weighted by atomic mass is 10.1. The minimum atomic E-state index is -0.467. The third kappa shape index (κ3) is 5.86. The lowest BCUT2D eigenvalue weighted by molar-refractivity contribution is -0.479. The number of ether oxygens (including phenoxy) is 1. The summed E-state index contributed by atoms with van der Waals surface area (Å²) in [6.07, 6.45) is 0. The van der Waals surface area contributed by atoms with Crippen LogP contribution in [0.5, 0.6) is 5.75 Å². The Bertz CT molecular complexity index is 1380. The average Bonchev–Trinajstić information content (AvgIpc) is 3.22. The molecule has 0 unspecified atom stereocenters. The largest absolute Gasteiger partial charge is 0.489 e. The second-order valence-corrected chi connectivity index (χ2v) is 9.12.